The van der Waals surface area contributed by atoms with Crippen molar-refractivity contribution in [1.82, 2.24) is 4.90 Å². The van der Waals surface area contributed by atoms with Crippen LogP contribution in [0, 0.1) is 0 Å². The summed E-state index contributed by atoms with van der Waals surface area (Å²) in [6.45, 7) is 1.23. The average molecular weight is 362 g/mol. The average Bonchev–Trinajstić information content (AvgIpc) is 3.05. The zero-order chi connectivity index (χ0) is 17.6. The first-order chi connectivity index (χ1) is 12.1. The van der Waals surface area contributed by atoms with E-state index in [1.54, 1.807) is 24.3 Å². The van der Waals surface area contributed by atoms with Gasteiger partial charge in [-0.05, 0) is 49.2 Å². The standard InChI is InChI=1S/C19H20F2N2OS/c20-19(21)25-16-10-8-15(9-11-16)22-18(24)13-23-12-4-7-17(23)14-5-2-1-3-6-14/h1-3,5-6,8-11,17,19H,4,7,12-13H2,(H,22,24). The lowest BCUT2D eigenvalue weighted by Gasteiger charge is -2.24. The highest BCUT2D eigenvalue weighted by molar-refractivity contribution is 7.99. The Morgan fingerprint density at radius 1 is 1.16 bits per heavy atom. The molecular formula is C19H20F2N2OS. The molecule has 2 aromatic carbocycles. The normalized spacial score (nSPS) is 17.8. The smallest absolute Gasteiger partial charge is 0.288 e. The second-order valence-electron chi connectivity index (χ2n) is 5.99. The summed E-state index contributed by atoms with van der Waals surface area (Å²) >= 11 is 0.496. The third kappa shape index (κ3) is 5.03. The second kappa shape index (κ2) is 8.45. The number of nitrogens with one attached hydrogen (secondary N) is 1. The van der Waals surface area contributed by atoms with Gasteiger partial charge in [0, 0.05) is 16.6 Å². The Morgan fingerprint density at radius 3 is 2.56 bits per heavy atom. The Bertz CT molecular complexity index is 694. The third-order valence-electron chi connectivity index (χ3n) is 4.26. The van der Waals surface area contributed by atoms with Crippen LogP contribution in [0.15, 0.2) is 59.5 Å². The maximum absolute atomic E-state index is 12.3. The number of carbonyl (C=O) groups is 1. The molecule has 1 unspecified atom stereocenters. The molecule has 1 aliphatic rings. The molecule has 0 radical (unpaired) electrons. The lowest BCUT2D eigenvalue weighted by atomic mass is 10.0. The number of benzene rings is 2. The number of rotatable bonds is 6. The molecule has 0 aliphatic carbocycles. The summed E-state index contributed by atoms with van der Waals surface area (Å²) < 4.78 is 24.6. The molecule has 0 spiro atoms. The molecule has 1 saturated heterocycles. The topological polar surface area (TPSA) is 32.3 Å². The van der Waals surface area contributed by atoms with Gasteiger partial charge < -0.3 is 5.32 Å². The fourth-order valence-electron chi connectivity index (χ4n) is 3.17. The van der Waals surface area contributed by atoms with Gasteiger partial charge in [-0.25, -0.2) is 0 Å². The molecule has 3 rings (SSSR count). The van der Waals surface area contributed by atoms with Crippen LogP contribution in [0.3, 0.4) is 0 Å². The van der Waals surface area contributed by atoms with Gasteiger partial charge >= 0.3 is 0 Å². The van der Waals surface area contributed by atoms with Crippen LogP contribution < -0.4 is 5.32 Å². The van der Waals surface area contributed by atoms with E-state index < -0.39 is 5.76 Å². The summed E-state index contributed by atoms with van der Waals surface area (Å²) in [7, 11) is 0. The molecule has 1 aliphatic heterocycles. The minimum atomic E-state index is -2.44. The molecule has 1 atom stereocenters. The zero-order valence-corrected chi connectivity index (χ0v) is 14.5. The van der Waals surface area contributed by atoms with Crippen molar-refractivity contribution in [2.75, 3.05) is 18.4 Å². The van der Waals surface area contributed by atoms with Crippen LogP contribution in [-0.2, 0) is 4.79 Å². The van der Waals surface area contributed by atoms with E-state index in [1.165, 1.54) is 5.56 Å². The fourth-order valence-corrected chi connectivity index (χ4v) is 3.67. The molecular weight excluding hydrogens is 342 g/mol. The first kappa shape index (κ1) is 17.9. The van der Waals surface area contributed by atoms with Gasteiger partial charge in [-0.3, -0.25) is 9.69 Å². The van der Waals surface area contributed by atoms with E-state index in [4.69, 9.17) is 0 Å². The molecule has 1 heterocycles. The monoisotopic (exact) mass is 362 g/mol. The van der Waals surface area contributed by atoms with Crippen LogP contribution in [0.2, 0.25) is 0 Å². The Labute approximate surface area is 150 Å². The molecule has 2 aromatic rings. The number of nitrogens with zero attached hydrogens (tertiary/aromatic N) is 1. The first-order valence-electron chi connectivity index (χ1n) is 8.25. The van der Waals surface area contributed by atoms with Gasteiger partial charge in [0.05, 0.1) is 6.54 Å². The number of amides is 1. The summed E-state index contributed by atoms with van der Waals surface area (Å²) in [5, 5.41) is 2.84. The van der Waals surface area contributed by atoms with Crippen molar-refractivity contribution < 1.29 is 13.6 Å². The number of halogens is 2. The van der Waals surface area contributed by atoms with Crippen molar-refractivity contribution in [1.29, 1.82) is 0 Å². The highest BCUT2D eigenvalue weighted by Crippen LogP contribution is 2.31. The predicted octanol–water partition coefficient (Wildman–Crippen LogP) is 4.78. The van der Waals surface area contributed by atoms with Gasteiger partial charge in [0.25, 0.3) is 5.76 Å². The van der Waals surface area contributed by atoms with Crippen LogP contribution in [0.5, 0.6) is 0 Å². The van der Waals surface area contributed by atoms with Gasteiger partial charge in [-0.2, -0.15) is 8.78 Å². The second-order valence-corrected chi connectivity index (χ2v) is 7.05. The molecule has 25 heavy (non-hydrogen) atoms. The van der Waals surface area contributed by atoms with Crippen LogP contribution in [0.4, 0.5) is 14.5 Å². The summed E-state index contributed by atoms with van der Waals surface area (Å²) in [5.41, 5.74) is 1.86. The maximum Gasteiger partial charge on any atom is 0.288 e. The SMILES string of the molecule is O=C(CN1CCCC1c1ccccc1)Nc1ccc(SC(F)F)cc1. The van der Waals surface area contributed by atoms with E-state index in [-0.39, 0.29) is 11.9 Å². The maximum atomic E-state index is 12.3. The highest BCUT2D eigenvalue weighted by Gasteiger charge is 2.27. The molecule has 0 aromatic heterocycles. The van der Waals surface area contributed by atoms with Crippen LogP contribution >= 0.6 is 11.8 Å². The van der Waals surface area contributed by atoms with Crippen LogP contribution in [0.25, 0.3) is 0 Å². The number of thioether (sulfide) groups is 1. The molecule has 3 nitrogen and oxygen atoms in total. The molecule has 0 bridgehead atoms. The van der Waals surface area contributed by atoms with Crippen molar-refractivity contribution in [3.63, 3.8) is 0 Å². The zero-order valence-electron chi connectivity index (χ0n) is 13.7. The van der Waals surface area contributed by atoms with Gasteiger partial charge in [0.15, 0.2) is 0 Å². The molecule has 1 amide bonds. The number of carbonyl (C=O) groups excluding carboxylic acids is 1. The first-order valence-corrected chi connectivity index (χ1v) is 9.13. The van der Waals surface area contributed by atoms with Gasteiger partial charge in [0.2, 0.25) is 5.91 Å². The lowest BCUT2D eigenvalue weighted by Crippen LogP contribution is -2.32. The summed E-state index contributed by atoms with van der Waals surface area (Å²) in [6, 6.07) is 17.0. The van der Waals surface area contributed by atoms with E-state index in [1.807, 2.05) is 18.2 Å². The number of hydrogen-bond acceptors (Lipinski definition) is 3. The minimum absolute atomic E-state index is 0.0860. The van der Waals surface area contributed by atoms with E-state index in [9.17, 15) is 13.6 Å². The third-order valence-corrected chi connectivity index (χ3v) is 4.98. The van der Waals surface area contributed by atoms with Crippen molar-refractivity contribution >= 4 is 23.4 Å². The Morgan fingerprint density at radius 2 is 1.88 bits per heavy atom. The van der Waals surface area contributed by atoms with Gasteiger partial charge in [-0.1, -0.05) is 42.1 Å². The molecule has 0 saturated carbocycles. The Balaban J connectivity index is 1.57. The molecule has 6 heteroatoms. The Hall–Kier alpha value is -1.92. The summed E-state index contributed by atoms with van der Waals surface area (Å²) in [4.78, 5) is 15.0. The predicted molar refractivity (Wildman–Crippen MR) is 96.9 cm³/mol. The van der Waals surface area contributed by atoms with Crippen molar-refractivity contribution in [3.05, 3.63) is 60.2 Å². The number of hydrogen-bond donors (Lipinski definition) is 1. The van der Waals surface area contributed by atoms with Crippen molar-refractivity contribution in [2.24, 2.45) is 0 Å². The fraction of sp³-hybridized carbons (Fsp3) is 0.316. The van der Waals surface area contributed by atoms with Gasteiger partial charge in [0.1, 0.15) is 0 Å². The largest absolute Gasteiger partial charge is 0.325 e. The summed E-state index contributed by atoms with van der Waals surface area (Å²) in [5.74, 6) is -2.53. The van der Waals surface area contributed by atoms with E-state index >= 15 is 0 Å². The Kier molecular flexibility index (Phi) is 6.04. The quantitative estimate of drug-likeness (QED) is 0.751. The molecule has 1 N–H and O–H groups in total. The number of alkyl halides is 2. The van der Waals surface area contributed by atoms with Gasteiger partial charge in [-0.15, -0.1) is 0 Å². The summed E-state index contributed by atoms with van der Waals surface area (Å²) in [6.07, 6.45) is 2.13. The van der Waals surface area contributed by atoms with E-state index in [0.29, 0.717) is 28.9 Å². The van der Waals surface area contributed by atoms with Crippen molar-refractivity contribution in [3.8, 4) is 0 Å². The van der Waals surface area contributed by atoms with E-state index in [0.717, 1.165) is 19.4 Å². The molecule has 1 fully saturated rings. The van der Waals surface area contributed by atoms with Crippen LogP contribution in [-0.4, -0.2) is 29.7 Å². The number of likely N-dealkylation sites (tertiary alicyclic amines) is 1. The lowest BCUT2D eigenvalue weighted by molar-refractivity contribution is -0.117. The van der Waals surface area contributed by atoms with E-state index in [2.05, 4.69) is 22.3 Å². The van der Waals surface area contributed by atoms with Crippen LogP contribution in [0.1, 0.15) is 24.4 Å². The minimum Gasteiger partial charge on any atom is -0.325 e. The highest BCUT2D eigenvalue weighted by atomic mass is 32.2. The number of anilines is 1. The van der Waals surface area contributed by atoms with Crippen molar-refractivity contribution in [2.45, 2.75) is 29.5 Å². The molecule has 132 valence electrons.